The van der Waals surface area contributed by atoms with Gasteiger partial charge in [-0.1, -0.05) is 59.6 Å². The number of carbonyl (C=O) groups is 2. The van der Waals surface area contributed by atoms with Gasteiger partial charge in [-0.25, -0.2) is 9.97 Å². The molecular formula is C34H34Cl2N8O5. The van der Waals surface area contributed by atoms with Crippen LogP contribution in [-0.4, -0.2) is 67.3 Å². The van der Waals surface area contributed by atoms with Crippen molar-refractivity contribution in [3.05, 3.63) is 92.6 Å². The highest BCUT2D eigenvalue weighted by atomic mass is 35.5. The first-order chi connectivity index (χ1) is 23.7. The standard InChI is InChI=1S/C34H34Cl2N8O5/c35-30-21(3-1-5-23(30)24-9-7-19(34(49)42-24)15-37-16-20-8-10-28(46)40-20)22-4-2-6-25(31(22)36)41-33-32-26(11-12-39-33)44(13-14-45)27(43-32)17-38-18-29(47)48/h1-7,9,11-12,20,37-38,45H,8,10,13-18H2,(H,39,41)(H,40,46)(H,42,49)(H,47,48)/t20-/m1/s1. The van der Waals surface area contributed by atoms with Crippen molar-refractivity contribution in [1.82, 2.24) is 35.5 Å². The highest BCUT2D eigenvalue weighted by Gasteiger charge is 2.21. The lowest BCUT2D eigenvalue weighted by Crippen LogP contribution is -2.36. The second kappa shape index (κ2) is 15.2. The van der Waals surface area contributed by atoms with Crippen LogP contribution in [0.4, 0.5) is 11.5 Å². The number of amides is 1. The number of aromatic nitrogens is 4. The van der Waals surface area contributed by atoms with E-state index in [0.29, 0.717) is 85.9 Å². The van der Waals surface area contributed by atoms with Crippen molar-refractivity contribution in [1.29, 1.82) is 0 Å². The molecular weight excluding hydrogens is 671 g/mol. The number of aliphatic hydroxyl groups excluding tert-OH is 1. The van der Waals surface area contributed by atoms with Crippen LogP contribution in [-0.2, 0) is 29.2 Å². The number of aromatic amines is 1. The van der Waals surface area contributed by atoms with E-state index in [1.54, 1.807) is 24.4 Å². The van der Waals surface area contributed by atoms with Crippen molar-refractivity contribution in [3.8, 4) is 22.4 Å². The third-order valence-electron chi connectivity index (χ3n) is 8.24. The zero-order chi connectivity index (χ0) is 34.5. The molecule has 7 N–H and O–H groups in total. The fourth-order valence-electron chi connectivity index (χ4n) is 5.88. The number of anilines is 2. The van der Waals surface area contributed by atoms with Gasteiger partial charge >= 0.3 is 5.97 Å². The molecule has 5 aromatic rings. The summed E-state index contributed by atoms with van der Waals surface area (Å²) in [6.07, 6.45) is 2.92. The van der Waals surface area contributed by atoms with E-state index in [1.807, 2.05) is 41.0 Å². The predicted molar refractivity (Wildman–Crippen MR) is 188 cm³/mol. The number of carboxylic acid groups (broad SMARTS) is 1. The summed E-state index contributed by atoms with van der Waals surface area (Å²) in [5.41, 5.74) is 4.59. The van der Waals surface area contributed by atoms with E-state index in [0.717, 1.165) is 6.42 Å². The molecule has 1 amide bonds. The molecule has 0 bridgehead atoms. The van der Waals surface area contributed by atoms with Crippen LogP contribution in [0.3, 0.4) is 0 Å². The normalized spacial score (nSPS) is 14.3. The Morgan fingerprint density at radius 3 is 2.49 bits per heavy atom. The van der Waals surface area contributed by atoms with Crippen LogP contribution in [0.5, 0.6) is 0 Å². The fraction of sp³-hybridized carbons (Fsp3) is 0.265. The van der Waals surface area contributed by atoms with Gasteiger partial charge in [-0.15, -0.1) is 0 Å². The number of pyridine rings is 2. The van der Waals surface area contributed by atoms with E-state index in [9.17, 15) is 19.5 Å². The number of aliphatic hydroxyl groups is 1. The van der Waals surface area contributed by atoms with E-state index < -0.39 is 5.97 Å². The van der Waals surface area contributed by atoms with Crippen LogP contribution >= 0.6 is 23.2 Å². The lowest BCUT2D eigenvalue weighted by Gasteiger charge is -2.15. The number of imidazole rings is 1. The molecule has 2 aromatic carbocycles. The van der Waals surface area contributed by atoms with Gasteiger partial charge in [-0.2, -0.15) is 0 Å². The Labute approximate surface area is 290 Å². The van der Waals surface area contributed by atoms with Gasteiger partial charge in [0.25, 0.3) is 5.56 Å². The van der Waals surface area contributed by atoms with Crippen molar-refractivity contribution in [3.63, 3.8) is 0 Å². The number of halogens is 2. The summed E-state index contributed by atoms with van der Waals surface area (Å²) in [5.74, 6) is 0.0325. The minimum atomic E-state index is -0.989. The average molecular weight is 706 g/mol. The number of hydrogen-bond donors (Lipinski definition) is 7. The van der Waals surface area contributed by atoms with E-state index in [2.05, 4.69) is 31.2 Å². The lowest BCUT2D eigenvalue weighted by atomic mass is 10.00. The summed E-state index contributed by atoms with van der Waals surface area (Å²) in [7, 11) is 0. The van der Waals surface area contributed by atoms with Crippen LogP contribution in [0, 0.1) is 0 Å². The maximum atomic E-state index is 13.0. The Balaban J connectivity index is 1.24. The molecule has 0 spiro atoms. The topological polar surface area (TPSA) is 186 Å². The van der Waals surface area contributed by atoms with Gasteiger partial charge in [-0.3, -0.25) is 19.7 Å². The molecule has 3 aromatic heterocycles. The second-order valence-corrected chi connectivity index (χ2v) is 12.3. The number of carboxylic acids is 1. The SMILES string of the molecule is O=C(O)CNCc1nc2c(Nc3cccc(-c4cccc(-c5ccc(CNC[C@H]6CCC(=O)N6)c(=O)[nH]5)c4Cl)c3Cl)nccc2n1CCO. The zero-order valence-electron chi connectivity index (χ0n) is 26.2. The first-order valence-corrected chi connectivity index (χ1v) is 16.4. The average Bonchev–Trinajstić information content (AvgIpc) is 3.66. The minimum absolute atomic E-state index is 0.0502. The quantitative estimate of drug-likeness (QED) is 0.0890. The van der Waals surface area contributed by atoms with Gasteiger partial charge in [0.05, 0.1) is 40.9 Å². The van der Waals surface area contributed by atoms with Crippen LogP contribution in [0.2, 0.25) is 10.0 Å². The summed E-state index contributed by atoms with van der Waals surface area (Å²) >= 11 is 14.0. The number of hydrogen-bond acceptors (Lipinski definition) is 9. The predicted octanol–water partition coefficient (Wildman–Crippen LogP) is 4.04. The molecule has 1 fully saturated rings. The molecule has 6 rings (SSSR count). The van der Waals surface area contributed by atoms with Crippen molar-refractivity contribution in [2.24, 2.45) is 0 Å². The second-order valence-electron chi connectivity index (χ2n) is 11.5. The number of benzene rings is 2. The highest BCUT2D eigenvalue weighted by Crippen LogP contribution is 2.41. The maximum absolute atomic E-state index is 13.0. The van der Waals surface area contributed by atoms with Gasteiger partial charge in [0.1, 0.15) is 11.3 Å². The molecule has 49 heavy (non-hydrogen) atoms. The highest BCUT2D eigenvalue weighted by molar-refractivity contribution is 6.39. The molecule has 15 heteroatoms. The molecule has 0 aliphatic carbocycles. The molecule has 254 valence electrons. The first kappa shape index (κ1) is 34.1. The Bertz CT molecular complexity index is 2080. The molecule has 1 saturated heterocycles. The van der Waals surface area contributed by atoms with Gasteiger partial charge in [0.15, 0.2) is 5.82 Å². The number of rotatable bonds is 14. The van der Waals surface area contributed by atoms with Gasteiger partial charge in [-0.05, 0) is 24.6 Å². The van der Waals surface area contributed by atoms with Crippen LogP contribution in [0.1, 0.15) is 24.2 Å². The molecule has 0 radical (unpaired) electrons. The number of H-pyrrole nitrogens is 1. The van der Waals surface area contributed by atoms with E-state index in [4.69, 9.17) is 33.3 Å². The number of aliphatic carboxylic acids is 1. The maximum Gasteiger partial charge on any atom is 0.317 e. The van der Waals surface area contributed by atoms with E-state index in [1.165, 1.54) is 0 Å². The number of fused-ring (bicyclic) bond motifs is 1. The first-order valence-electron chi connectivity index (χ1n) is 15.7. The number of nitrogens with one attached hydrogen (secondary N) is 5. The third-order valence-corrected chi connectivity index (χ3v) is 9.06. The lowest BCUT2D eigenvalue weighted by molar-refractivity contribution is -0.136. The van der Waals surface area contributed by atoms with Gasteiger partial charge in [0, 0.05) is 66.2 Å². The molecule has 1 atom stereocenters. The summed E-state index contributed by atoms with van der Waals surface area (Å²) in [6.45, 7) is 1.02. The van der Waals surface area contributed by atoms with Crippen molar-refractivity contribution >= 4 is 57.6 Å². The number of carbonyl (C=O) groups excluding carboxylic acids is 1. The zero-order valence-corrected chi connectivity index (χ0v) is 27.7. The minimum Gasteiger partial charge on any atom is -0.480 e. The van der Waals surface area contributed by atoms with Crippen LogP contribution in [0.15, 0.2) is 65.6 Å². The molecule has 1 aliphatic heterocycles. The van der Waals surface area contributed by atoms with Gasteiger partial charge in [0.2, 0.25) is 5.91 Å². The van der Waals surface area contributed by atoms with Crippen LogP contribution < -0.4 is 26.8 Å². The van der Waals surface area contributed by atoms with E-state index >= 15 is 0 Å². The third kappa shape index (κ3) is 7.61. The van der Waals surface area contributed by atoms with Crippen LogP contribution in [0.25, 0.3) is 33.4 Å². The summed E-state index contributed by atoms with van der Waals surface area (Å²) in [6, 6.07) is 16.4. The van der Waals surface area contributed by atoms with E-state index in [-0.39, 0.29) is 43.7 Å². The summed E-state index contributed by atoms with van der Waals surface area (Å²) in [5, 5.41) is 31.8. The Hall–Kier alpha value is -4.79. The molecule has 0 saturated carbocycles. The molecule has 0 unspecified atom stereocenters. The molecule has 4 heterocycles. The Morgan fingerprint density at radius 1 is 0.980 bits per heavy atom. The largest absolute Gasteiger partial charge is 0.480 e. The van der Waals surface area contributed by atoms with Crippen molar-refractivity contribution in [2.75, 3.05) is 25.0 Å². The fourth-order valence-corrected chi connectivity index (χ4v) is 6.49. The van der Waals surface area contributed by atoms with Gasteiger partial charge < -0.3 is 35.7 Å². The summed E-state index contributed by atoms with van der Waals surface area (Å²) in [4.78, 5) is 47.6. The van der Waals surface area contributed by atoms with Crippen molar-refractivity contribution in [2.45, 2.75) is 38.5 Å². The smallest absolute Gasteiger partial charge is 0.317 e. The Morgan fingerprint density at radius 2 is 1.76 bits per heavy atom. The Kier molecular flexibility index (Phi) is 10.6. The monoisotopic (exact) mass is 704 g/mol. The summed E-state index contributed by atoms with van der Waals surface area (Å²) < 4.78 is 1.81. The molecule has 13 nitrogen and oxygen atoms in total. The number of nitrogens with zero attached hydrogens (tertiary/aromatic N) is 3. The van der Waals surface area contributed by atoms with Crippen molar-refractivity contribution < 1.29 is 19.8 Å². The molecule has 1 aliphatic rings.